The minimum Gasteiger partial charge on any atom is -0.353 e. The zero-order chi connectivity index (χ0) is 12.8. The summed E-state index contributed by atoms with van der Waals surface area (Å²) in [6, 6.07) is 0.851. The largest absolute Gasteiger partial charge is 0.353 e. The van der Waals surface area contributed by atoms with Crippen molar-refractivity contribution in [3.8, 4) is 0 Å². The third-order valence-electron chi connectivity index (χ3n) is 3.53. The number of rotatable bonds is 5. The van der Waals surface area contributed by atoms with Gasteiger partial charge >= 0.3 is 0 Å². The van der Waals surface area contributed by atoms with Gasteiger partial charge in [-0.2, -0.15) is 0 Å². The van der Waals surface area contributed by atoms with E-state index in [4.69, 9.17) is 0 Å². The first kappa shape index (κ1) is 14.5. The number of hydrogen-bond donors (Lipinski definition) is 2. The topological polar surface area (TPSA) is 44.4 Å². The van der Waals surface area contributed by atoms with E-state index in [0.29, 0.717) is 18.5 Å². The molecule has 2 unspecified atom stereocenters. The second kappa shape index (κ2) is 6.97. The minimum atomic E-state index is 0.151. The number of nitrogens with one attached hydrogen (secondary N) is 2. The van der Waals surface area contributed by atoms with Crippen LogP contribution in [0.15, 0.2) is 0 Å². The smallest absolute Gasteiger partial charge is 0.234 e. The van der Waals surface area contributed by atoms with Crippen molar-refractivity contribution in [3.05, 3.63) is 0 Å². The van der Waals surface area contributed by atoms with Crippen LogP contribution >= 0.6 is 0 Å². The molecule has 2 N–H and O–H groups in total. The highest BCUT2D eigenvalue weighted by molar-refractivity contribution is 5.78. The van der Waals surface area contributed by atoms with Gasteiger partial charge in [-0.3, -0.25) is 9.69 Å². The number of carbonyl (C=O) groups excluding carboxylic acids is 1. The highest BCUT2D eigenvalue weighted by Crippen LogP contribution is 2.19. The van der Waals surface area contributed by atoms with Gasteiger partial charge in [0.15, 0.2) is 0 Å². The zero-order valence-corrected chi connectivity index (χ0v) is 11.6. The Kier molecular flexibility index (Phi) is 5.92. The number of likely N-dealkylation sites (tertiary alicyclic amines) is 1. The Morgan fingerprint density at radius 2 is 2.18 bits per heavy atom. The third kappa shape index (κ3) is 4.64. The summed E-state index contributed by atoms with van der Waals surface area (Å²) in [4.78, 5) is 14.0. The lowest BCUT2D eigenvalue weighted by molar-refractivity contribution is -0.123. The Labute approximate surface area is 105 Å². The van der Waals surface area contributed by atoms with Crippen LogP contribution in [0.4, 0.5) is 0 Å². The SMILES string of the molecule is CCC1CN(CC(=O)NC(C)C)CCC1NC. The van der Waals surface area contributed by atoms with Crippen molar-refractivity contribution in [2.75, 3.05) is 26.7 Å². The number of carbonyl (C=O) groups is 1. The molecule has 1 aliphatic heterocycles. The molecule has 1 aliphatic rings. The molecule has 0 aromatic carbocycles. The lowest BCUT2D eigenvalue weighted by Gasteiger charge is -2.37. The molecule has 4 nitrogen and oxygen atoms in total. The van der Waals surface area contributed by atoms with Crippen LogP contribution in [0.3, 0.4) is 0 Å². The van der Waals surface area contributed by atoms with E-state index in [0.717, 1.165) is 19.5 Å². The van der Waals surface area contributed by atoms with Crippen molar-refractivity contribution in [3.63, 3.8) is 0 Å². The van der Waals surface area contributed by atoms with E-state index in [1.54, 1.807) is 0 Å². The van der Waals surface area contributed by atoms with E-state index in [9.17, 15) is 4.79 Å². The van der Waals surface area contributed by atoms with E-state index >= 15 is 0 Å². The average molecular weight is 241 g/mol. The molecule has 0 bridgehead atoms. The van der Waals surface area contributed by atoms with Gasteiger partial charge in [0.25, 0.3) is 0 Å². The maximum Gasteiger partial charge on any atom is 0.234 e. The predicted molar refractivity (Wildman–Crippen MR) is 71.0 cm³/mol. The van der Waals surface area contributed by atoms with Gasteiger partial charge in [-0.15, -0.1) is 0 Å². The fourth-order valence-corrected chi connectivity index (χ4v) is 2.62. The first-order chi connectivity index (χ1) is 8.06. The molecule has 1 saturated heterocycles. The maximum atomic E-state index is 11.7. The molecule has 0 aromatic heterocycles. The molecule has 0 radical (unpaired) electrons. The summed E-state index contributed by atoms with van der Waals surface area (Å²) in [7, 11) is 2.04. The van der Waals surface area contributed by atoms with E-state index < -0.39 is 0 Å². The van der Waals surface area contributed by atoms with Gasteiger partial charge < -0.3 is 10.6 Å². The fourth-order valence-electron chi connectivity index (χ4n) is 2.62. The molecule has 100 valence electrons. The Bertz CT molecular complexity index is 243. The van der Waals surface area contributed by atoms with Crippen LogP contribution in [0.2, 0.25) is 0 Å². The molecule has 4 heteroatoms. The number of hydrogen-bond acceptors (Lipinski definition) is 3. The Balaban J connectivity index is 2.39. The molecule has 1 fully saturated rings. The van der Waals surface area contributed by atoms with Gasteiger partial charge in [0.05, 0.1) is 6.54 Å². The Hall–Kier alpha value is -0.610. The summed E-state index contributed by atoms with van der Waals surface area (Å²) >= 11 is 0. The normalized spacial score (nSPS) is 26.2. The van der Waals surface area contributed by atoms with E-state index in [-0.39, 0.29) is 11.9 Å². The lowest BCUT2D eigenvalue weighted by Crippen LogP contribution is -2.51. The van der Waals surface area contributed by atoms with Crippen LogP contribution in [0, 0.1) is 5.92 Å². The quantitative estimate of drug-likeness (QED) is 0.749. The predicted octanol–water partition coefficient (Wildman–Crippen LogP) is 0.831. The summed E-state index contributed by atoms with van der Waals surface area (Å²) in [6.45, 7) is 8.83. The molecule has 2 atom stereocenters. The molecule has 1 amide bonds. The van der Waals surface area contributed by atoms with Crippen LogP contribution in [0.25, 0.3) is 0 Å². The van der Waals surface area contributed by atoms with Gasteiger partial charge in [0.1, 0.15) is 0 Å². The van der Waals surface area contributed by atoms with E-state index in [1.807, 2.05) is 20.9 Å². The van der Waals surface area contributed by atoms with Crippen molar-refractivity contribution in [2.45, 2.75) is 45.7 Å². The second-order valence-electron chi connectivity index (χ2n) is 5.31. The van der Waals surface area contributed by atoms with Crippen molar-refractivity contribution in [1.82, 2.24) is 15.5 Å². The summed E-state index contributed by atoms with van der Waals surface area (Å²) in [6.07, 6.45) is 2.32. The fraction of sp³-hybridized carbons (Fsp3) is 0.923. The maximum absolute atomic E-state index is 11.7. The van der Waals surface area contributed by atoms with Crippen molar-refractivity contribution in [2.24, 2.45) is 5.92 Å². The standard InChI is InChI=1S/C13H27N3O/c1-5-11-8-16(7-6-12(11)14-4)9-13(17)15-10(2)3/h10-12,14H,5-9H2,1-4H3,(H,15,17). The molecular formula is C13H27N3O. The van der Waals surface area contributed by atoms with Gasteiger partial charge in [-0.05, 0) is 33.2 Å². The Morgan fingerprint density at radius 3 is 2.71 bits per heavy atom. The van der Waals surface area contributed by atoms with Crippen LogP contribution in [-0.2, 0) is 4.79 Å². The molecule has 0 aromatic rings. The van der Waals surface area contributed by atoms with Gasteiger partial charge in [-0.25, -0.2) is 0 Å². The molecular weight excluding hydrogens is 214 g/mol. The highest BCUT2D eigenvalue weighted by Gasteiger charge is 2.27. The van der Waals surface area contributed by atoms with Crippen LogP contribution < -0.4 is 10.6 Å². The minimum absolute atomic E-state index is 0.151. The monoisotopic (exact) mass is 241 g/mol. The number of amides is 1. The Morgan fingerprint density at radius 1 is 1.47 bits per heavy atom. The molecule has 17 heavy (non-hydrogen) atoms. The number of piperidine rings is 1. The van der Waals surface area contributed by atoms with Gasteiger partial charge in [0.2, 0.25) is 5.91 Å². The first-order valence-corrected chi connectivity index (χ1v) is 6.75. The third-order valence-corrected chi connectivity index (χ3v) is 3.53. The molecule has 0 aliphatic carbocycles. The summed E-state index contributed by atoms with van der Waals surface area (Å²) in [5.41, 5.74) is 0. The van der Waals surface area contributed by atoms with E-state index in [1.165, 1.54) is 6.42 Å². The van der Waals surface area contributed by atoms with Crippen molar-refractivity contribution < 1.29 is 4.79 Å². The molecule has 1 rings (SSSR count). The highest BCUT2D eigenvalue weighted by atomic mass is 16.2. The summed E-state index contributed by atoms with van der Waals surface area (Å²) < 4.78 is 0. The summed E-state index contributed by atoms with van der Waals surface area (Å²) in [5, 5.41) is 6.34. The average Bonchev–Trinajstić information content (AvgIpc) is 2.27. The number of nitrogens with zero attached hydrogens (tertiary/aromatic N) is 1. The van der Waals surface area contributed by atoms with Crippen LogP contribution in [0.5, 0.6) is 0 Å². The summed E-state index contributed by atoms with van der Waals surface area (Å²) in [5.74, 6) is 0.818. The van der Waals surface area contributed by atoms with Crippen LogP contribution in [0.1, 0.15) is 33.6 Å². The van der Waals surface area contributed by atoms with Gasteiger partial charge in [0, 0.05) is 25.2 Å². The van der Waals surface area contributed by atoms with Crippen molar-refractivity contribution >= 4 is 5.91 Å². The van der Waals surface area contributed by atoms with Crippen LogP contribution in [-0.4, -0.2) is 49.6 Å². The van der Waals surface area contributed by atoms with Crippen molar-refractivity contribution in [1.29, 1.82) is 0 Å². The second-order valence-corrected chi connectivity index (χ2v) is 5.31. The van der Waals surface area contributed by atoms with E-state index in [2.05, 4.69) is 22.5 Å². The lowest BCUT2D eigenvalue weighted by atomic mass is 9.90. The zero-order valence-electron chi connectivity index (χ0n) is 11.6. The molecule has 0 saturated carbocycles. The van der Waals surface area contributed by atoms with Gasteiger partial charge in [-0.1, -0.05) is 13.3 Å². The molecule has 0 spiro atoms. The first-order valence-electron chi connectivity index (χ1n) is 6.75. The molecule has 1 heterocycles.